The average Bonchev–Trinajstić information content (AvgIpc) is 2.66. The second-order valence-electron chi connectivity index (χ2n) is 5.39. The minimum Gasteiger partial charge on any atom is -0.497 e. The number of hydrogen-bond donors (Lipinski definition) is 0. The third-order valence-corrected chi connectivity index (χ3v) is 4.64. The second-order valence-corrected chi connectivity index (χ2v) is 6.44. The number of hydrogen-bond acceptors (Lipinski definition) is 6. The van der Waals surface area contributed by atoms with Crippen LogP contribution in [0.1, 0.15) is 0 Å². The van der Waals surface area contributed by atoms with E-state index < -0.39 is 10.9 Å². The number of nitro groups is 1. The van der Waals surface area contributed by atoms with Gasteiger partial charge in [-0.3, -0.25) is 14.9 Å². The number of nitro benzene ring substituents is 1. The Hall–Kier alpha value is -3.06. The number of ether oxygens (including phenoxy) is 2. The summed E-state index contributed by atoms with van der Waals surface area (Å²) < 4.78 is 10.6. The van der Waals surface area contributed by atoms with Crippen LogP contribution in [0.25, 0.3) is 10.8 Å². The Morgan fingerprint density at radius 3 is 2.31 bits per heavy atom. The van der Waals surface area contributed by atoms with Gasteiger partial charge in [-0.1, -0.05) is 12.1 Å². The lowest BCUT2D eigenvalue weighted by atomic mass is 10.1. The predicted octanol–water partition coefficient (Wildman–Crippen LogP) is 4.45. The molecule has 0 amide bonds. The highest BCUT2D eigenvalue weighted by atomic mass is 32.2. The Bertz CT molecular complexity index is 956. The van der Waals surface area contributed by atoms with Gasteiger partial charge < -0.3 is 9.47 Å². The van der Waals surface area contributed by atoms with E-state index in [-0.39, 0.29) is 11.4 Å². The first-order valence-corrected chi connectivity index (χ1v) is 8.69. The fraction of sp³-hybridized carbons (Fsp3) is 0.105. The lowest BCUT2D eigenvalue weighted by molar-refractivity contribution is -0.384. The van der Waals surface area contributed by atoms with E-state index >= 15 is 0 Å². The molecule has 6 nitrogen and oxygen atoms in total. The molecule has 0 aromatic heterocycles. The number of methoxy groups -OCH3 is 1. The molecule has 0 aliphatic carbocycles. The molecule has 3 aromatic carbocycles. The van der Waals surface area contributed by atoms with Crippen LogP contribution < -0.4 is 9.47 Å². The zero-order valence-electron chi connectivity index (χ0n) is 13.9. The van der Waals surface area contributed by atoms with E-state index in [0.717, 1.165) is 21.4 Å². The zero-order valence-corrected chi connectivity index (χ0v) is 14.7. The summed E-state index contributed by atoms with van der Waals surface area (Å²) in [5, 5.41) is 12.6. The van der Waals surface area contributed by atoms with Gasteiger partial charge in [0.15, 0.2) is 0 Å². The highest BCUT2D eigenvalue weighted by molar-refractivity contribution is 8.00. The Kier molecular flexibility index (Phi) is 5.38. The van der Waals surface area contributed by atoms with Gasteiger partial charge in [-0.05, 0) is 47.2 Å². The van der Waals surface area contributed by atoms with E-state index in [1.54, 1.807) is 31.4 Å². The van der Waals surface area contributed by atoms with Crippen LogP contribution in [-0.4, -0.2) is 23.8 Å². The van der Waals surface area contributed by atoms with Crippen LogP contribution in [0.2, 0.25) is 0 Å². The van der Waals surface area contributed by atoms with Crippen molar-refractivity contribution in [1.82, 2.24) is 0 Å². The summed E-state index contributed by atoms with van der Waals surface area (Å²) in [5.41, 5.74) is 0.0171. The van der Waals surface area contributed by atoms with Crippen molar-refractivity contribution < 1.29 is 19.2 Å². The van der Waals surface area contributed by atoms with Crippen molar-refractivity contribution in [2.75, 3.05) is 12.9 Å². The van der Waals surface area contributed by atoms with Crippen LogP contribution in [0, 0.1) is 10.1 Å². The molecule has 0 unspecified atom stereocenters. The van der Waals surface area contributed by atoms with Gasteiger partial charge >= 0.3 is 5.97 Å². The van der Waals surface area contributed by atoms with Crippen molar-refractivity contribution in [2.45, 2.75) is 4.90 Å². The number of non-ortho nitro benzene ring substituents is 1. The number of benzene rings is 3. The standard InChI is InChI=1S/C19H15NO5S/c1-24-16-6-2-13-3-7-17(11-14(13)10-16)25-19(21)12-26-18-8-4-15(5-9-18)20(22)23/h2-11H,12H2,1H3. The second kappa shape index (κ2) is 7.88. The first kappa shape index (κ1) is 17.8. The fourth-order valence-electron chi connectivity index (χ4n) is 2.36. The van der Waals surface area contributed by atoms with Crippen LogP contribution in [-0.2, 0) is 4.79 Å². The van der Waals surface area contributed by atoms with E-state index in [9.17, 15) is 14.9 Å². The predicted molar refractivity (Wildman–Crippen MR) is 100.0 cm³/mol. The van der Waals surface area contributed by atoms with Gasteiger partial charge in [-0.15, -0.1) is 11.8 Å². The van der Waals surface area contributed by atoms with E-state index in [2.05, 4.69) is 0 Å². The number of nitrogens with zero attached hydrogens (tertiary/aromatic N) is 1. The van der Waals surface area contributed by atoms with Crippen molar-refractivity contribution in [3.63, 3.8) is 0 Å². The lowest BCUT2D eigenvalue weighted by Crippen LogP contribution is -2.10. The van der Waals surface area contributed by atoms with Crippen molar-refractivity contribution in [3.8, 4) is 11.5 Å². The Morgan fingerprint density at radius 2 is 1.65 bits per heavy atom. The molecule has 0 radical (unpaired) electrons. The van der Waals surface area contributed by atoms with E-state index in [0.29, 0.717) is 5.75 Å². The van der Waals surface area contributed by atoms with Gasteiger partial charge in [-0.2, -0.15) is 0 Å². The monoisotopic (exact) mass is 369 g/mol. The summed E-state index contributed by atoms with van der Waals surface area (Å²) in [4.78, 5) is 23.0. The molecule has 0 heterocycles. The molecule has 0 bridgehead atoms. The third kappa shape index (κ3) is 4.31. The SMILES string of the molecule is COc1ccc2ccc(OC(=O)CSc3ccc([N+](=O)[O-])cc3)cc2c1. The molecule has 3 aromatic rings. The van der Waals surface area contributed by atoms with Crippen LogP contribution in [0.4, 0.5) is 5.69 Å². The lowest BCUT2D eigenvalue weighted by Gasteiger charge is -2.07. The molecule has 0 spiro atoms. The van der Waals surface area contributed by atoms with Gasteiger partial charge in [0.05, 0.1) is 17.8 Å². The average molecular weight is 369 g/mol. The number of rotatable bonds is 6. The van der Waals surface area contributed by atoms with Crippen LogP contribution in [0.3, 0.4) is 0 Å². The molecule has 0 N–H and O–H groups in total. The first-order valence-electron chi connectivity index (χ1n) is 7.71. The molecule has 0 aliphatic heterocycles. The summed E-state index contributed by atoms with van der Waals surface area (Å²) in [6, 6.07) is 17.1. The van der Waals surface area contributed by atoms with Gasteiger partial charge in [0.1, 0.15) is 11.5 Å². The van der Waals surface area contributed by atoms with Gasteiger partial charge in [0.2, 0.25) is 0 Å². The quantitative estimate of drug-likeness (QED) is 0.210. The molecule has 0 aliphatic rings. The summed E-state index contributed by atoms with van der Waals surface area (Å²) >= 11 is 1.26. The summed E-state index contributed by atoms with van der Waals surface area (Å²) in [6.07, 6.45) is 0. The molecule has 132 valence electrons. The molecule has 0 saturated carbocycles. The molecular formula is C19H15NO5S. The summed E-state index contributed by atoms with van der Waals surface area (Å²) in [6.45, 7) is 0. The Labute approximate surface area is 153 Å². The third-order valence-electron chi connectivity index (χ3n) is 3.65. The molecule has 0 fully saturated rings. The maximum Gasteiger partial charge on any atom is 0.321 e. The summed E-state index contributed by atoms with van der Waals surface area (Å²) in [5.74, 6) is 0.902. The maximum absolute atomic E-state index is 12.0. The molecular weight excluding hydrogens is 354 g/mol. The molecule has 0 saturated heterocycles. The largest absolute Gasteiger partial charge is 0.497 e. The normalized spacial score (nSPS) is 10.5. The van der Waals surface area contributed by atoms with Crippen molar-refractivity contribution in [1.29, 1.82) is 0 Å². The van der Waals surface area contributed by atoms with Crippen LogP contribution in [0.5, 0.6) is 11.5 Å². The molecule has 0 atom stereocenters. The Balaban J connectivity index is 1.62. The topological polar surface area (TPSA) is 78.7 Å². The van der Waals surface area contributed by atoms with Gasteiger partial charge in [0, 0.05) is 17.0 Å². The highest BCUT2D eigenvalue weighted by Gasteiger charge is 2.09. The number of esters is 1. The van der Waals surface area contributed by atoms with Crippen molar-refractivity contribution >= 4 is 34.2 Å². The number of carbonyl (C=O) groups is 1. The highest BCUT2D eigenvalue weighted by Crippen LogP contribution is 2.26. The molecule has 7 heteroatoms. The minimum absolute atomic E-state index is 0.0171. The molecule has 3 rings (SSSR count). The zero-order chi connectivity index (χ0) is 18.5. The fourth-order valence-corrected chi connectivity index (χ4v) is 3.03. The summed E-state index contributed by atoms with van der Waals surface area (Å²) in [7, 11) is 1.60. The van der Waals surface area contributed by atoms with Crippen LogP contribution in [0.15, 0.2) is 65.6 Å². The maximum atomic E-state index is 12.0. The number of fused-ring (bicyclic) bond motifs is 1. The first-order chi connectivity index (χ1) is 12.5. The van der Waals surface area contributed by atoms with Crippen LogP contribution >= 0.6 is 11.8 Å². The Morgan fingerprint density at radius 1 is 1.00 bits per heavy atom. The van der Waals surface area contributed by atoms with E-state index in [4.69, 9.17) is 9.47 Å². The van der Waals surface area contributed by atoms with Gasteiger partial charge in [-0.25, -0.2) is 0 Å². The smallest absolute Gasteiger partial charge is 0.321 e. The van der Waals surface area contributed by atoms with E-state index in [1.807, 2.05) is 24.3 Å². The van der Waals surface area contributed by atoms with Crippen molar-refractivity contribution in [3.05, 3.63) is 70.8 Å². The minimum atomic E-state index is -0.461. The van der Waals surface area contributed by atoms with E-state index in [1.165, 1.54) is 23.9 Å². The van der Waals surface area contributed by atoms with Gasteiger partial charge in [0.25, 0.3) is 5.69 Å². The van der Waals surface area contributed by atoms with Crippen molar-refractivity contribution in [2.24, 2.45) is 0 Å². The number of thioether (sulfide) groups is 1. The number of carbonyl (C=O) groups excluding carboxylic acids is 1. The molecule has 26 heavy (non-hydrogen) atoms.